The second kappa shape index (κ2) is 49.1. The Morgan fingerprint density at radius 1 is 0.426 bits per heavy atom. The molecule has 21 rings (SSSR count). The summed E-state index contributed by atoms with van der Waals surface area (Å²) in [6.07, 6.45) is 36.2. The van der Waals surface area contributed by atoms with Crippen molar-refractivity contribution in [3.8, 4) is 74.6 Å². The van der Waals surface area contributed by atoms with Crippen molar-refractivity contribution in [3.05, 3.63) is 289 Å². The fraction of sp³-hybridized carbons (Fsp3) is 0.327. The van der Waals surface area contributed by atoms with Gasteiger partial charge in [0.15, 0.2) is 23.3 Å². The average molecular weight is 2190 g/mol. The van der Waals surface area contributed by atoms with Crippen LogP contribution in [0.2, 0.25) is 5.02 Å². The minimum Gasteiger partial charge on any atom is -0.398 e. The van der Waals surface area contributed by atoms with Crippen LogP contribution in [0.25, 0.3) is 91.6 Å². The molecule has 4 fully saturated rings. The number of fused-ring (bicyclic) bond motifs is 1. The number of aryl methyl sites for hydroxylation is 2. The molecule has 0 spiro atoms. The van der Waals surface area contributed by atoms with E-state index in [1.54, 1.807) is 105 Å². The number of imidazole rings is 4. The van der Waals surface area contributed by atoms with E-state index in [1.165, 1.54) is 64.4 Å². The van der Waals surface area contributed by atoms with Crippen molar-refractivity contribution in [2.75, 3.05) is 54.5 Å². The standard InChI is InChI=1S/C26H26N8O.C25H28N8O.C25H26N8O.C23H23ClN8O.C4H10O3.3CH4.CH3.W/c1-4-17-10-21-19(11-23(17)32-12-22(27-13-32)18-8-9-18)26(35)34(14-28-21)24-7-5-6-20(30-24)25-31-29-15-33(25)16(2)3;2*1-4-16-10-19(26)18(11-22(16)32-12-21(27-13-32)17-8-9-17)25(34)30-23-7-5-6-20(29-23)24-31-28-14-33(24)15(2)3;1-13(2)32-12-27-30-22(32)18-4-3-5-21(28-18)29-23(33)15-8-20(16(24)9-17(15)25)31-10-19(26-11-31)14-6-7-14;1-5-4(6-2)7-3;;;;;/h5-7,10-16,18H,4,8-9H2,1-3H3;5-7,10-15,17H,4,8-9,26H2,1-3H3,(H,29,30,34);4-7,10-15,17H,1,8-9,26H2,2-3H3,(H,29,30,34);3-5,8-14H,6-7,25H2,1-2H3,(H,28,29,33);4H,1-3H3;3*1H4;1H3;/q;;;;;;;;-1;. The molecule has 17 aromatic rings. The van der Waals surface area contributed by atoms with Gasteiger partial charge in [0.05, 0.1) is 103 Å². The molecule has 39 nitrogen and oxygen atoms in total. The summed E-state index contributed by atoms with van der Waals surface area (Å²) in [7, 11) is 4.53. The van der Waals surface area contributed by atoms with Gasteiger partial charge >= 0.3 is 0 Å². The van der Waals surface area contributed by atoms with Gasteiger partial charge in [-0.1, -0.05) is 84.6 Å². The van der Waals surface area contributed by atoms with Crippen molar-refractivity contribution in [3.63, 3.8) is 0 Å². The summed E-state index contributed by atoms with van der Waals surface area (Å²) in [5.41, 5.74) is 34.4. The predicted octanol–water partition coefficient (Wildman–Crippen LogP) is 20.1. The Kier molecular flexibility index (Phi) is 36.9. The smallest absolute Gasteiger partial charge is 0.270 e. The first kappa shape index (κ1) is 111. The van der Waals surface area contributed by atoms with E-state index in [0.29, 0.717) is 143 Å². The number of nitrogens with two attached hydrogens (primary N) is 3. The molecule has 4 aliphatic carbocycles. The van der Waals surface area contributed by atoms with E-state index in [4.69, 9.17) is 33.8 Å². The summed E-state index contributed by atoms with van der Waals surface area (Å²) in [6.45, 7) is 23.9. The van der Waals surface area contributed by atoms with E-state index in [9.17, 15) is 19.2 Å². The maximum absolute atomic E-state index is 13.6. The van der Waals surface area contributed by atoms with Crippen LogP contribution in [0.4, 0.5) is 34.5 Å². The molecule has 4 saturated carbocycles. The minimum atomic E-state index is -0.514. The van der Waals surface area contributed by atoms with E-state index in [2.05, 4.69) is 157 Å². The van der Waals surface area contributed by atoms with E-state index in [1.807, 2.05) is 170 Å². The molecule has 9 N–H and O–H groups in total. The van der Waals surface area contributed by atoms with Crippen LogP contribution in [0.1, 0.15) is 261 Å². The molecule has 41 heteroatoms. The molecule has 4 aliphatic rings. The van der Waals surface area contributed by atoms with Gasteiger partial charge in [0, 0.05) is 138 Å². The van der Waals surface area contributed by atoms with Crippen LogP contribution in [0.15, 0.2) is 214 Å². The fourth-order valence-electron chi connectivity index (χ4n) is 16.3. The van der Waals surface area contributed by atoms with Gasteiger partial charge in [-0.3, -0.25) is 23.7 Å². The molecule has 3 amide bonds. The van der Waals surface area contributed by atoms with Gasteiger partial charge in [-0.25, -0.2) is 44.9 Å². The Bertz CT molecular complexity index is 7540. The molecule has 0 atom stereocenters. The Morgan fingerprint density at radius 3 is 1.10 bits per heavy atom. The third-order valence-electron chi connectivity index (χ3n) is 24.7. The molecule has 0 bridgehead atoms. The summed E-state index contributed by atoms with van der Waals surface area (Å²) in [4.78, 5) is 94.3. The van der Waals surface area contributed by atoms with Crippen molar-refractivity contribution >= 4 is 80.8 Å². The first-order valence-electron chi connectivity index (χ1n) is 47.5. The Labute approximate surface area is 879 Å². The van der Waals surface area contributed by atoms with E-state index in [-0.39, 0.29) is 104 Å². The number of halogens is 1. The van der Waals surface area contributed by atoms with Crippen molar-refractivity contribution in [1.29, 1.82) is 0 Å². The van der Waals surface area contributed by atoms with E-state index < -0.39 is 6.48 Å². The first-order valence-corrected chi connectivity index (χ1v) is 47.8. The largest absolute Gasteiger partial charge is 0.398 e. The zero-order valence-corrected chi connectivity index (χ0v) is 86.8. The number of ether oxygens (including phenoxy) is 3. The number of benzene rings is 4. The van der Waals surface area contributed by atoms with E-state index >= 15 is 0 Å². The zero-order chi connectivity index (χ0) is 101. The minimum absolute atomic E-state index is 0. The number of rotatable bonds is 29. The van der Waals surface area contributed by atoms with Gasteiger partial charge in [0.1, 0.15) is 77.7 Å². The number of nitrogens with one attached hydrogen (secondary N) is 3. The molecule has 13 heterocycles. The Hall–Kier alpha value is -15.6. The van der Waals surface area contributed by atoms with Crippen molar-refractivity contribution in [2.45, 2.75) is 210 Å². The summed E-state index contributed by atoms with van der Waals surface area (Å²) in [5.74, 6) is 5.36. The number of nitrogen functional groups attached to an aromatic ring is 3. The number of amides is 3. The molecule has 13 aromatic heterocycles. The zero-order valence-electron chi connectivity index (χ0n) is 83.1. The van der Waals surface area contributed by atoms with Gasteiger partial charge in [-0.05, 0) is 228 Å². The summed E-state index contributed by atoms with van der Waals surface area (Å²) >= 11 is 6.44. The number of hydrogen-bond donors (Lipinski definition) is 6. The van der Waals surface area contributed by atoms with Crippen LogP contribution in [0.3, 0.4) is 0 Å². The summed E-state index contributed by atoms with van der Waals surface area (Å²) < 4.78 is 30.8. The van der Waals surface area contributed by atoms with Gasteiger partial charge in [0.2, 0.25) is 0 Å². The molecular formula is C107H128ClN32O7W-. The Morgan fingerprint density at radius 2 is 0.750 bits per heavy atom. The number of aromatic nitrogens is 26. The second-order valence-electron chi connectivity index (χ2n) is 36.3. The van der Waals surface area contributed by atoms with Crippen LogP contribution in [0, 0.1) is 7.43 Å². The number of hydrogen-bond acceptors (Lipinski definition) is 27. The van der Waals surface area contributed by atoms with Crippen molar-refractivity contribution in [1.82, 2.24) is 127 Å². The fourth-order valence-corrected chi connectivity index (χ4v) is 16.6. The van der Waals surface area contributed by atoms with Crippen LogP contribution < -0.4 is 38.7 Å². The van der Waals surface area contributed by atoms with Crippen LogP contribution in [0.5, 0.6) is 0 Å². The van der Waals surface area contributed by atoms with Crippen molar-refractivity contribution < 1.29 is 49.7 Å². The Balaban J connectivity index is 0.000000169. The summed E-state index contributed by atoms with van der Waals surface area (Å²) in [5, 5.41) is 42.4. The monoisotopic (exact) mass is 2190 g/mol. The molecular weight excluding hydrogens is 2060 g/mol. The topological polar surface area (TPSA) is 474 Å². The molecule has 772 valence electrons. The maximum atomic E-state index is 13.6. The third-order valence-corrected chi connectivity index (χ3v) is 25.0. The summed E-state index contributed by atoms with van der Waals surface area (Å²) in [6, 6.07) is 36.8. The number of nitrogens with zero attached hydrogens (tertiary/aromatic N) is 26. The number of methoxy groups -OCH3 is 3. The number of anilines is 6. The third kappa shape index (κ3) is 25.4. The predicted molar refractivity (Wildman–Crippen MR) is 574 cm³/mol. The van der Waals surface area contributed by atoms with Crippen LogP contribution in [-0.2, 0) is 48.1 Å². The van der Waals surface area contributed by atoms with Gasteiger partial charge < -0.3 is 91.3 Å². The quantitative estimate of drug-likeness (QED) is 0.0144. The van der Waals surface area contributed by atoms with Gasteiger partial charge in [0.25, 0.3) is 29.8 Å². The normalized spacial score (nSPS) is 12.9. The first-order chi connectivity index (χ1) is 69.2. The maximum Gasteiger partial charge on any atom is 0.270 e. The van der Waals surface area contributed by atoms with Crippen molar-refractivity contribution in [2.24, 2.45) is 0 Å². The number of carbonyl (C=O) groups is 3. The number of carbonyl (C=O) groups excluding carboxylic acids is 3. The molecule has 0 unspecified atom stereocenters. The van der Waals surface area contributed by atoms with E-state index in [0.717, 1.165) is 82.2 Å². The SMILES string of the molecule is C.C.C.C=Cc1cc(N)c(C(=O)Nc2cccc(-c3nncn3C(C)C)n2)cc1-n1cnc(C2CC2)c1.CC(C)n1cnnc1-c1cccc(NC(=O)c2cc(-n3cnc(C4CC4)c3)c(Cl)cc2N)n1.CCc1cc(N)c(C(=O)Nc2cccc(-c3nncn3C(C)C)n2)cc1-n1cnc(C2CC2)c1.CCc1cc2ncn(-c3cccc(-c4nncn4C(C)C)n3)c(=O)c2cc1-n1cnc(C2CC2)c1.COC(OC)OC.[CH3-].[W]. The number of pyridine rings is 4. The van der Waals surface area contributed by atoms with Gasteiger partial charge in [-0.2, -0.15) is 0 Å². The van der Waals surface area contributed by atoms with Gasteiger partial charge in [-0.15, -0.1) is 40.8 Å². The average Bonchev–Trinajstić information content (AvgIpc) is 1.24. The molecule has 4 aromatic carbocycles. The van der Waals surface area contributed by atoms with Crippen LogP contribution in [-0.4, -0.2) is 172 Å². The molecule has 148 heavy (non-hydrogen) atoms. The molecule has 0 saturated heterocycles. The van der Waals surface area contributed by atoms with Crippen LogP contribution >= 0.6 is 11.6 Å². The molecule has 0 aliphatic heterocycles. The molecule has 0 radical (unpaired) electrons. The second-order valence-corrected chi connectivity index (χ2v) is 36.7.